The van der Waals surface area contributed by atoms with Crippen molar-refractivity contribution in [2.24, 2.45) is 5.92 Å². The van der Waals surface area contributed by atoms with Crippen LogP contribution < -0.4 is 0 Å². The molecule has 66 valence electrons. The lowest BCUT2D eigenvalue weighted by molar-refractivity contribution is -0.111. The molecule has 1 aliphatic carbocycles. The van der Waals surface area contributed by atoms with Gasteiger partial charge < -0.3 is 4.79 Å². The first-order valence-electron chi connectivity index (χ1n) is 4.67. The minimum Gasteiger partial charge on any atom is -0.302 e. The monoisotopic (exact) mass is 165 g/mol. The van der Waals surface area contributed by atoms with Crippen molar-refractivity contribution >= 4 is 6.29 Å². The Balaban J connectivity index is 2.15. The maximum atomic E-state index is 10.7. The molecule has 0 aromatic carbocycles. The number of allylic oxidation sites excluding steroid dienone is 1. The van der Waals surface area contributed by atoms with E-state index < -0.39 is 0 Å². The molecule has 1 aliphatic heterocycles. The molecule has 1 fully saturated rings. The van der Waals surface area contributed by atoms with Gasteiger partial charge in [0, 0.05) is 6.04 Å². The number of aldehydes is 1. The van der Waals surface area contributed by atoms with Gasteiger partial charge in [-0.25, -0.2) is 0 Å². The fraction of sp³-hybridized carbons (Fsp3) is 0.700. The van der Waals surface area contributed by atoms with Gasteiger partial charge >= 0.3 is 0 Å². The van der Waals surface area contributed by atoms with Crippen molar-refractivity contribution in [3.63, 3.8) is 0 Å². The molecule has 3 atom stereocenters. The molecule has 0 amide bonds. The maximum Gasteiger partial charge on any atom is 0.137 e. The summed E-state index contributed by atoms with van der Waals surface area (Å²) in [5.41, 5.74) is 0. The lowest BCUT2D eigenvalue weighted by Gasteiger charge is -2.25. The first-order valence-corrected chi connectivity index (χ1v) is 4.67. The van der Waals surface area contributed by atoms with E-state index in [0.29, 0.717) is 6.04 Å². The lowest BCUT2D eigenvalue weighted by Crippen LogP contribution is -2.34. The lowest BCUT2D eigenvalue weighted by atomic mass is 9.89. The molecule has 1 saturated heterocycles. The summed E-state index contributed by atoms with van der Waals surface area (Å²) >= 11 is 0. The van der Waals surface area contributed by atoms with Crippen molar-refractivity contribution < 1.29 is 4.79 Å². The highest BCUT2D eigenvalue weighted by Crippen LogP contribution is 2.34. The van der Waals surface area contributed by atoms with Crippen LogP contribution in [0.1, 0.15) is 19.3 Å². The fourth-order valence-corrected chi connectivity index (χ4v) is 2.45. The van der Waals surface area contributed by atoms with E-state index in [-0.39, 0.29) is 6.04 Å². The van der Waals surface area contributed by atoms with Crippen LogP contribution in [0.5, 0.6) is 0 Å². The van der Waals surface area contributed by atoms with Gasteiger partial charge in [0.15, 0.2) is 0 Å². The highest BCUT2D eigenvalue weighted by molar-refractivity contribution is 5.58. The molecule has 2 heteroatoms. The van der Waals surface area contributed by atoms with Gasteiger partial charge in [-0.2, -0.15) is 0 Å². The minimum atomic E-state index is 0.169. The van der Waals surface area contributed by atoms with E-state index in [2.05, 4.69) is 24.1 Å². The Morgan fingerprint density at radius 3 is 3.08 bits per heavy atom. The quantitative estimate of drug-likeness (QED) is 0.430. The molecule has 12 heavy (non-hydrogen) atoms. The zero-order valence-corrected chi connectivity index (χ0v) is 7.44. The predicted octanol–water partition coefficient (Wildman–Crippen LogP) is 1.22. The fourth-order valence-electron chi connectivity index (χ4n) is 2.45. The number of hydrogen-bond acceptors (Lipinski definition) is 2. The first-order chi connectivity index (χ1) is 5.83. The third kappa shape index (κ3) is 1.11. The molecule has 0 radical (unpaired) electrons. The van der Waals surface area contributed by atoms with Crippen molar-refractivity contribution in [3.8, 4) is 0 Å². The summed E-state index contributed by atoms with van der Waals surface area (Å²) in [5, 5.41) is 0. The van der Waals surface area contributed by atoms with Gasteiger partial charge in [0.2, 0.25) is 0 Å². The number of carbonyl (C=O) groups excluding carboxylic acids is 1. The van der Waals surface area contributed by atoms with Crippen LogP contribution in [0.15, 0.2) is 12.2 Å². The molecule has 2 nitrogen and oxygen atoms in total. The van der Waals surface area contributed by atoms with Crippen LogP contribution in [-0.2, 0) is 4.79 Å². The zero-order valence-electron chi connectivity index (χ0n) is 7.44. The van der Waals surface area contributed by atoms with Gasteiger partial charge in [-0.3, -0.25) is 4.90 Å². The van der Waals surface area contributed by atoms with E-state index in [1.54, 1.807) is 0 Å². The summed E-state index contributed by atoms with van der Waals surface area (Å²) < 4.78 is 0. The van der Waals surface area contributed by atoms with Crippen LogP contribution in [0.4, 0.5) is 0 Å². The third-order valence-electron chi connectivity index (χ3n) is 3.22. The Bertz CT molecular complexity index is 212. The molecule has 0 bridgehead atoms. The molecule has 1 heterocycles. The molecule has 0 spiro atoms. The van der Waals surface area contributed by atoms with Crippen LogP contribution in [0.3, 0.4) is 0 Å². The largest absolute Gasteiger partial charge is 0.302 e. The minimum absolute atomic E-state index is 0.169. The summed E-state index contributed by atoms with van der Waals surface area (Å²) in [6.07, 6.45) is 9.11. The van der Waals surface area contributed by atoms with Gasteiger partial charge in [0.05, 0.1) is 6.04 Å². The van der Waals surface area contributed by atoms with Crippen LogP contribution in [0.2, 0.25) is 0 Å². The van der Waals surface area contributed by atoms with Crippen LogP contribution in [0.25, 0.3) is 0 Å². The van der Waals surface area contributed by atoms with Gasteiger partial charge in [0.1, 0.15) is 6.29 Å². The summed E-state index contributed by atoms with van der Waals surface area (Å²) in [5.74, 6) is 0.732. The zero-order chi connectivity index (χ0) is 8.55. The van der Waals surface area contributed by atoms with E-state index in [1.807, 2.05) is 0 Å². The predicted molar refractivity (Wildman–Crippen MR) is 47.9 cm³/mol. The number of likely N-dealkylation sites (N-methyl/N-ethyl adjacent to an activating group) is 1. The van der Waals surface area contributed by atoms with Crippen LogP contribution >= 0.6 is 0 Å². The van der Waals surface area contributed by atoms with Gasteiger partial charge in [0.25, 0.3) is 0 Å². The Labute approximate surface area is 73.2 Å². The van der Waals surface area contributed by atoms with Crippen molar-refractivity contribution in [3.05, 3.63) is 12.2 Å². The Morgan fingerprint density at radius 1 is 1.58 bits per heavy atom. The third-order valence-corrected chi connectivity index (χ3v) is 3.22. The average molecular weight is 165 g/mol. The summed E-state index contributed by atoms with van der Waals surface area (Å²) in [6, 6.07) is 0.705. The Hall–Kier alpha value is -0.630. The number of hydrogen-bond donors (Lipinski definition) is 0. The maximum absolute atomic E-state index is 10.7. The summed E-state index contributed by atoms with van der Waals surface area (Å²) in [6.45, 7) is 0. The summed E-state index contributed by atoms with van der Waals surface area (Å²) in [7, 11) is 2.05. The van der Waals surface area contributed by atoms with Gasteiger partial charge in [-0.1, -0.05) is 12.2 Å². The molecule has 3 unspecified atom stereocenters. The van der Waals surface area contributed by atoms with E-state index in [9.17, 15) is 4.79 Å². The Morgan fingerprint density at radius 2 is 2.42 bits per heavy atom. The van der Waals surface area contributed by atoms with Gasteiger partial charge in [-0.15, -0.1) is 0 Å². The van der Waals surface area contributed by atoms with E-state index in [1.165, 1.54) is 12.8 Å². The highest BCUT2D eigenvalue weighted by atomic mass is 16.1. The number of carbonyl (C=O) groups is 1. The second-order valence-corrected chi connectivity index (χ2v) is 3.86. The van der Waals surface area contributed by atoms with E-state index in [4.69, 9.17) is 0 Å². The molecule has 2 aliphatic rings. The molecule has 0 N–H and O–H groups in total. The van der Waals surface area contributed by atoms with Crippen molar-refractivity contribution in [1.82, 2.24) is 4.90 Å². The van der Waals surface area contributed by atoms with Crippen molar-refractivity contribution in [2.75, 3.05) is 7.05 Å². The molecule has 2 rings (SSSR count). The topological polar surface area (TPSA) is 20.3 Å². The number of rotatable bonds is 1. The van der Waals surface area contributed by atoms with Gasteiger partial charge in [-0.05, 0) is 32.2 Å². The second kappa shape index (κ2) is 3.02. The SMILES string of the molecule is CN1C(C=O)CC2CCC=CC21. The average Bonchev–Trinajstić information content (AvgIpc) is 2.44. The first kappa shape index (κ1) is 7.99. The molecular formula is C10H15NO. The second-order valence-electron chi connectivity index (χ2n) is 3.86. The molecule has 0 aromatic rings. The smallest absolute Gasteiger partial charge is 0.137 e. The number of fused-ring (bicyclic) bond motifs is 1. The normalized spacial score (nSPS) is 41.2. The van der Waals surface area contributed by atoms with Crippen LogP contribution in [-0.4, -0.2) is 30.3 Å². The Kier molecular flexibility index (Phi) is 2.01. The highest BCUT2D eigenvalue weighted by Gasteiger charge is 2.37. The molecular weight excluding hydrogens is 150 g/mol. The number of nitrogens with zero attached hydrogens (tertiary/aromatic N) is 1. The van der Waals surface area contributed by atoms with Crippen LogP contribution in [0, 0.1) is 5.92 Å². The van der Waals surface area contributed by atoms with Crippen molar-refractivity contribution in [1.29, 1.82) is 0 Å². The molecule has 0 saturated carbocycles. The van der Waals surface area contributed by atoms with E-state index in [0.717, 1.165) is 18.6 Å². The molecule has 0 aromatic heterocycles. The van der Waals surface area contributed by atoms with E-state index >= 15 is 0 Å². The number of likely N-dealkylation sites (tertiary alicyclic amines) is 1. The standard InChI is InChI=1S/C10H15NO/c1-11-9(7-12)6-8-4-2-3-5-10(8)11/h3,5,7-10H,2,4,6H2,1H3. The van der Waals surface area contributed by atoms with Crippen molar-refractivity contribution in [2.45, 2.75) is 31.3 Å². The summed E-state index contributed by atoms with van der Waals surface area (Å²) in [4.78, 5) is 12.9.